The number of benzene rings is 1. The summed E-state index contributed by atoms with van der Waals surface area (Å²) in [7, 11) is 0. The molecule has 0 saturated carbocycles. The molecule has 4 nitrogen and oxygen atoms in total. The molecule has 26 heavy (non-hydrogen) atoms. The van der Waals surface area contributed by atoms with Crippen molar-refractivity contribution in [2.24, 2.45) is 0 Å². The Bertz CT molecular complexity index is 646. The second-order valence-electron chi connectivity index (χ2n) is 5.95. The number of hydrogen-bond donors (Lipinski definition) is 2. The van der Waals surface area contributed by atoms with E-state index in [1.54, 1.807) is 18.0 Å². The number of halogens is 2. The number of thioether (sulfide) groups is 1. The van der Waals surface area contributed by atoms with Gasteiger partial charge < -0.3 is 5.32 Å². The van der Waals surface area contributed by atoms with Gasteiger partial charge >= 0.3 is 0 Å². The van der Waals surface area contributed by atoms with Crippen molar-refractivity contribution in [2.45, 2.75) is 30.7 Å². The summed E-state index contributed by atoms with van der Waals surface area (Å²) in [6.45, 7) is 0.742. The molecule has 7 heteroatoms. The summed E-state index contributed by atoms with van der Waals surface area (Å²) < 4.78 is 0. The van der Waals surface area contributed by atoms with Crippen LogP contribution in [0.3, 0.4) is 0 Å². The average molecular weight is 414 g/mol. The maximum atomic E-state index is 12.3. The maximum Gasteiger partial charge on any atom is 0.238 e. The molecule has 1 saturated heterocycles. The van der Waals surface area contributed by atoms with E-state index in [-0.39, 0.29) is 42.1 Å². The molecule has 2 unspecified atom stereocenters. The van der Waals surface area contributed by atoms with Crippen molar-refractivity contribution in [1.82, 2.24) is 15.6 Å². The largest absolute Gasteiger partial charge is 0.355 e. The van der Waals surface area contributed by atoms with Crippen LogP contribution in [0.2, 0.25) is 0 Å². The SMILES string of the molecule is Cl.Cl.O=C(NCCCCc1ccccc1)C1CSC(c2cccnc2)N1. The van der Waals surface area contributed by atoms with Crippen LogP contribution in [0, 0.1) is 0 Å². The van der Waals surface area contributed by atoms with E-state index in [0.29, 0.717) is 0 Å². The first kappa shape index (κ1) is 22.8. The van der Waals surface area contributed by atoms with Crippen molar-refractivity contribution < 1.29 is 4.79 Å². The highest BCUT2D eigenvalue weighted by Crippen LogP contribution is 2.32. The standard InChI is InChI=1S/C19H23N3OS.2ClH/c23-18(21-12-5-4-9-15-7-2-1-3-8-15)17-14-24-19(22-17)16-10-6-11-20-13-16;;/h1-3,6-8,10-11,13,17,19,22H,4-5,9,12,14H2,(H,21,23);2*1H. The Hall–Kier alpha value is -1.27. The number of hydrogen-bond acceptors (Lipinski definition) is 4. The predicted molar refractivity (Wildman–Crippen MR) is 113 cm³/mol. The van der Waals surface area contributed by atoms with Gasteiger partial charge in [0.25, 0.3) is 0 Å². The lowest BCUT2D eigenvalue weighted by molar-refractivity contribution is -0.122. The van der Waals surface area contributed by atoms with Crippen LogP contribution in [0.4, 0.5) is 0 Å². The summed E-state index contributed by atoms with van der Waals surface area (Å²) in [5, 5.41) is 6.60. The van der Waals surface area contributed by atoms with Crippen LogP contribution < -0.4 is 10.6 Å². The van der Waals surface area contributed by atoms with E-state index >= 15 is 0 Å². The van der Waals surface area contributed by atoms with Gasteiger partial charge in [0.1, 0.15) is 0 Å². The van der Waals surface area contributed by atoms with Crippen molar-refractivity contribution in [1.29, 1.82) is 0 Å². The van der Waals surface area contributed by atoms with E-state index in [0.717, 1.165) is 37.1 Å². The number of aryl methyl sites for hydroxylation is 1. The lowest BCUT2D eigenvalue weighted by Crippen LogP contribution is -2.42. The van der Waals surface area contributed by atoms with Gasteiger partial charge in [-0.15, -0.1) is 36.6 Å². The minimum atomic E-state index is -0.116. The van der Waals surface area contributed by atoms with Crippen LogP contribution in [0.15, 0.2) is 54.9 Å². The molecule has 3 rings (SSSR count). The smallest absolute Gasteiger partial charge is 0.238 e. The summed E-state index contributed by atoms with van der Waals surface area (Å²) in [5.74, 6) is 0.906. The highest BCUT2D eigenvalue weighted by molar-refractivity contribution is 7.99. The Kier molecular flexibility index (Phi) is 10.7. The van der Waals surface area contributed by atoms with Gasteiger partial charge in [0.05, 0.1) is 11.4 Å². The van der Waals surface area contributed by atoms with Gasteiger partial charge in [0, 0.05) is 24.7 Å². The molecule has 1 aromatic heterocycles. The van der Waals surface area contributed by atoms with Crippen molar-refractivity contribution in [3.8, 4) is 0 Å². The topological polar surface area (TPSA) is 54.0 Å². The summed E-state index contributed by atoms with van der Waals surface area (Å²) in [6.07, 6.45) is 6.79. The first-order valence-corrected chi connectivity index (χ1v) is 9.47. The van der Waals surface area contributed by atoms with Gasteiger partial charge in [0.2, 0.25) is 5.91 Å². The summed E-state index contributed by atoms with van der Waals surface area (Å²) in [6, 6.07) is 14.3. The Labute approximate surface area is 171 Å². The van der Waals surface area contributed by atoms with E-state index in [4.69, 9.17) is 0 Å². The van der Waals surface area contributed by atoms with Gasteiger partial charge in [-0.1, -0.05) is 36.4 Å². The van der Waals surface area contributed by atoms with Crippen LogP contribution in [-0.2, 0) is 11.2 Å². The Morgan fingerprint density at radius 3 is 2.69 bits per heavy atom. The van der Waals surface area contributed by atoms with E-state index in [1.807, 2.05) is 24.4 Å². The summed E-state index contributed by atoms with van der Waals surface area (Å²) in [4.78, 5) is 16.4. The molecule has 2 heterocycles. The summed E-state index contributed by atoms with van der Waals surface area (Å²) in [5.41, 5.74) is 2.48. The first-order valence-electron chi connectivity index (χ1n) is 8.42. The normalized spacial score (nSPS) is 18.5. The van der Waals surface area contributed by atoms with Gasteiger partial charge in [0.15, 0.2) is 0 Å². The van der Waals surface area contributed by atoms with Gasteiger partial charge in [-0.3, -0.25) is 15.1 Å². The Balaban J connectivity index is 0.00000169. The highest BCUT2D eigenvalue weighted by atomic mass is 35.5. The molecular weight excluding hydrogens is 389 g/mol. The molecule has 1 aliphatic rings. The van der Waals surface area contributed by atoms with Gasteiger partial charge in [-0.05, 0) is 36.5 Å². The molecule has 142 valence electrons. The molecule has 0 bridgehead atoms. The zero-order chi connectivity index (χ0) is 16.6. The molecule has 1 aliphatic heterocycles. The Morgan fingerprint density at radius 2 is 1.96 bits per heavy atom. The maximum absolute atomic E-state index is 12.3. The van der Waals surface area contributed by atoms with Crippen molar-refractivity contribution in [2.75, 3.05) is 12.3 Å². The third-order valence-electron chi connectivity index (χ3n) is 4.12. The number of aromatic nitrogens is 1. The number of nitrogens with one attached hydrogen (secondary N) is 2. The molecule has 2 atom stereocenters. The number of nitrogens with zero attached hydrogens (tertiary/aromatic N) is 1. The number of carbonyl (C=O) groups excluding carboxylic acids is 1. The van der Waals surface area contributed by atoms with Gasteiger partial charge in [-0.2, -0.15) is 0 Å². The monoisotopic (exact) mass is 413 g/mol. The van der Waals surface area contributed by atoms with Crippen LogP contribution in [0.25, 0.3) is 0 Å². The van der Waals surface area contributed by atoms with E-state index in [2.05, 4.69) is 39.9 Å². The fraction of sp³-hybridized carbons (Fsp3) is 0.368. The van der Waals surface area contributed by atoms with Crippen molar-refractivity contribution in [3.05, 3.63) is 66.0 Å². The fourth-order valence-corrected chi connectivity index (χ4v) is 4.00. The third kappa shape index (κ3) is 6.80. The zero-order valence-corrected chi connectivity index (χ0v) is 16.9. The molecule has 1 amide bonds. The molecule has 1 fully saturated rings. The predicted octanol–water partition coefficient (Wildman–Crippen LogP) is 3.77. The van der Waals surface area contributed by atoms with E-state index < -0.39 is 0 Å². The minimum absolute atomic E-state index is 0. The number of pyridine rings is 1. The van der Waals surface area contributed by atoms with Crippen molar-refractivity contribution >= 4 is 42.5 Å². The second kappa shape index (κ2) is 12.2. The summed E-state index contributed by atoms with van der Waals surface area (Å²) >= 11 is 1.76. The first-order chi connectivity index (χ1) is 11.8. The zero-order valence-electron chi connectivity index (χ0n) is 14.5. The molecule has 2 aromatic rings. The lowest BCUT2D eigenvalue weighted by Gasteiger charge is -2.13. The molecular formula is C19H25Cl2N3OS. The van der Waals surface area contributed by atoms with Crippen molar-refractivity contribution in [3.63, 3.8) is 0 Å². The number of rotatable bonds is 7. The average Bonchev–Trinajstić information content (AvgIpc) is 3.13. The second-order valence-corrected chi connectivity index (χ2v) is 7.09. The molecule has 0 radical (unpaired) electrons. The molecule has 1 aromatic carbocycles. The molecule has 0 spiro atoms. The van der Waals surface area contributed by atoms with E-state index in [1.165, 1.54) is 5.56 Å². The highest BCUT2D eigenvalue weighted by Gasteiger charge is 2.30. The lowest BCUT2D eigenvalue weighted by atomic mass is 10.1. The van der Waals surface area contributed by atoms with Crippen LogP contribution in [0.5, 0.6) is 0 Å². The third-order valence-corrected chi connectivity index (χ3v) is 5.39. The quantitative estimate of drug-likeness (QED) is 0.678. The van der Waals surface area contributed by atoms with Crippen LogP contribution >= 0.6 is 36.6 Å². The Morgan fingerprint density at radius 1 is 1.15 bits per heavy atom. The van der Waals surface area contributed by atoms with Crippen LogP contribution in [-0.4, -0.2) is 29.2 Å². The number of unbranched alkanes of at least 4 members (excludes halogenated alkanes) is 1. The molecule has 0 aliphatic carbocycles. The van der Waals surface area contributed by atoms with E-state index in [9.17, 15) is 4.79 Å². The molecule has 2 N–H and O–H groups in total. The number of carbonyl (C=O) groups is 1. The number of amides is 1. The van der Waals surface area contributed by atoms with Crippen LogP contribution in [0.1, 0.15) is 29.3 Å². The fourth-order valence-electron chi connectivity index (χ4n) is 2.78. The van der Waals surface area contributed by atoms with Gasteiger partial charge in [-0.25, -0.2) is 0 Å². The minimum Gasteiger partial charge on any atom is -0.355 e.